The molecule has 9 heteroatoms. The van der Waals surface area contributed by atoms with Gasteiger partial charge < -0.3 is 10.1 Å². The molecule has 0 fully saturated rings. The standard InChI is InChI=1S/C18H20Cl2N2O4S/c1-12(2)26-14-7-4-6-13(10-14)21-17(23)11-22(27(3,24)25)16-9-5-8-15(19)18(16)20/h4-10,12H,11H2,1-3H3,(H,21,23). The van der Waals surface area contributed by atoms with Gasteiger partial charge in [-0.2, -0.15) is 0 Å². The number of sulfonamides is 1. The third-order valence-electron chi connectivity index (χ3n) is 3.38. The summed E-state index contributed by atoms with van der Waals surface area (Å²) in [6.07, 6.45) is 0.982. The number of ether oxygens (including phenoxy) is 1. The second kappa shape index (κ2) is 8.82. The molecule has 0 atom stereocenters. The van der Waals surface area contributed by atoms with Gasteiger partial charge in [0.2, 0.25) is 15.9 Å². The van der Waals surface area contributed by atoms with Crippen LogP contribution in [0, 0.1) is 0 Å². The number of nitrogens with one attached hydrogen (secondary N) is 1. The van der Waals surface area contributed by atoms with Gasteiger partial charge in [-0.1, -0.05) is 35.3 Å². The van der Waals surface area contributed by atoms with Crippen molar-refractivity contribution >= 4 is 50.5 Å². The van der Waals surface area contributed by atoms with Crippen molar-refractivity contribution < 1.29 is 17.9 Å². The molecule has 1 amide bonds. The van der Waals surface area contributed by atoms with E-state index in [0.717, 1.165) is 10.6 Å². The molecule has 0 unspecified atom stereocenters. The van der Waals surface area contributed by atoms with Crippen molar-refractivity contribution in [3.05, 3.63) is 52.5 Å². The molecule has 2 rings (SSSR count). The first-order valence-corrected chi connectivity index (χ1v) is 10.7. The van der Waals surface area contributed by atoms with Gasteiger partial charge in [-0.3, -0.25) is 9.10 Å². The number of carbonyl (C=O) groups is 1. The summed E-state index contributed by atoms with van der Waals surface area (Å²) >= 11 is 12.1. The lowest BCUT2D eigenvalue weighted by Crippen LogP contribution is -2.37. The maximum absolute atomic E-state index is 12.4. The normalized spacial score (nSPS) is 11.3. The summed E-state index contributed by atoms with van der Waals surface area (Å²) in [6, 6.07) is 11.4. The van der Waals surface area contributed by atoms with Gasteiger partial charge in [-0.15, -0.1) is 0 Å². The third kappa shape index (κ3) is 6.02. The maximum atomic E-state index is 12.4. The van der Waals surface area contributed by atoms with Crippen LogP contribution in [0.3, 0.4) is 0 Å². The molecule has 0 aliphatic rings. The number of hydrogen-bond donors (Lipinski definition) is 1. The van der Waals surface area contributed by atoms with E-state index in [2.05, 4.69) is 5.32 Å². The van der Waals surface area contributed by atoms with Crippen molar-refractivity contribution in [3.8, 4) is 5.75 Å². The van der Waals surface area contributed by atoms with Crippen molar-refractivity contribution in [3.63, 3.8) is 0 Å². The third-order valence-corrected chi connectivity index (χ3v) is 5.31. The van der Waals surface area contributed by atoms with Crippen LogP contribution in [0.15, 0.2) is 42.5 Å². The van der Waals surface area contributed by atoms with Crippen LogP contribution in [-0.4, -0.2) is 33.2 Å². The largest absolute Gasteiger partial charge is 0.491 e. The van der Waals surface area contributed by atoms with Gasteiger partial charge >= 0.3 is 0 Å². The zero-order chi connectivity index (χ0) is 20.2. The lowest BCUT2D eigenvalue weighted by atomic mass is 10.3. The maximum Gasteiger partial charge on any atom is 0.245 e. The van der Waals surface area contributed by atoms with Crippen LogP contribution in [0.5, 0.6) is 5.75 Å². The SMILES string of the molecule is CC(C)Oc1cccc(NC(=O)CN(c2cccc(Cl)c2Cl)S(C)(=O)=O)c1. The van der Waals surface area contributed by atoms with Crippen molar-refractivity contribution in [1.82, 2.24) is 0 Å². The van der Waals surface area contributed by atoms with Crippen LogP contribution >= 0.6 is 23.2 Å². The average Bonchev–Trinajstić information content (AvgIpc) is 2.54. The molecule has 2 aromatic rings. The van der Waals surface area contributed by atoms with Crippen LogP contribution in [-0.2, 0) is 14.8 Å². The van der Waals surface area contributed by atoms with Gasteiger partial charge in [0.05, 0.1) is 28.1 Å². The van der Waals surface area contributed by atoms with E-state index in [1.54, 1.807) is 30.3 Å². The summed E-state index contributed by atoms with van der Waals surface area (Å²) in [7, 11) is -3.76. The lowest BCUT2D eigenvalue weighted by molar-refractivity contribution is -0.114. The molecule has 0 saturated heterocycles. The van der Waals surface area contributed by atoms with Gasteiger partial charge in [0.15, 0.2) is 0 Å². The molecule has 2 aromatic carbocycles. The Morgan fingerprint density at radius 1 is 1.19 bits per heavy atom. The highest BCUT2D eigenvalue weighted by Gasteiger charge is 2.24. The van der Waals surface area contributed by atoms with Crippen LogP contribution in [0.25, 0.3) is 0 Å². The molecule has 1 N–H and O–H groups in total. The minimum absolute atomic E-state index is 0.0124. The number of benzene rings is 2. The molecule has 0 radical (unpaired) electrons. The number of carbonyl (C=O) groups excluding carboxylic acids is 1. The van der Waals surface area contributed by atoms with E-state index in [9.17, 15) is 13.2 Å². The van der Waals surface area contributed by atoms with Gasteiger partial charge in [-0.25, -0.2) is 8.42 Å². The first kappa shape index (κ1) is 21.3. The molecule has 0 spiro atoms. The Morgan fingerprint density at radius 3 is 2.48 bits per heavy atom. The Hall–Kier alpha value is -1.96. The zero-order valence-electron chi connectivity index (χ0n) is 15.1. The molecular formula is C18H20Cl2N2O4S. The highest BCUT2D eigenvalue weighted by atomic mass is 35.5. The van der Waals surface area contributed by atoms with Gasteiger partial charge in [0.1, 0.15) is 12.3 Å². The Bertz CT molecular complexity index is 933. The predicted octanol–water partition coefficient (Wildman–Crippen LogP) is 4.19. The molecule has 0 saturated carbocycles. The number of amides is 1. The summed E-state index contributed by atoms with van der Waals surface area (Å²) in [6.45, 7) is 3.34. The Kier molecular flexibility index (Phi) is 6.97. The van der Waals surface area contributed by atoms with Crippen LogP contribution in [0.1, 0.15) is 13.8 Å². The molecule has 0 aliphatic carbocycles. The monoisotopic (exact) mass is 430 g/mol. The fraction of sp³-hybridized carbons (Fsp3) is 0.278. The number of hydrogen-bond acceptors (Lipinski definition) is 4. The molecule has 0 aliphatic heterocycles. The van der Waals surface area contributed by atoms with Gasteiger partial charge in [-0.05, 0) is 38.1 Å². The smallest absolute Gasteiger partial charge is 0.245 e. The quantitative estimate of drug-likeness (QED) is 0.714. The molecule has 27 heavy (non-hydrogen) atoms. The second-order valence-electron chi connectivity index (χ2n) is 6.09. The molecule has 0 bridgehead atoms. The van der Waals surface area contributed by atoms with Crippen molar-refractivity contribution in [2.45, 2.75) is 20.0 Å². The second-order valence-corrected chi connectivity index (χ2v) is 8.78. The number of nitrogens with zero attached hydrogens (tertiary/aromatic N) is 1. The molecule has 146 valence electrons. The highest BCUT2D eigenvalue weighted by molar-refractivity contribution is 7.92. The predicted molar refractivity (Wildman–Crippen MR) is 109 cm³/mol. The summed E-state index contributed by atoms with van der Waals surface area (Å²) in [5.74, 6) is 0.0684. The van der Waals surface area contributed by atoms with Gasteiger partial charge in [0, 0.05) is 11.8 Å². The van der Waals surface area contributed by atoms with Crippen molar-refractivity contribution in [2.75, 3.05) is 22.4 Å². The van der Waals surface area contributed by atoms with E-state index in [1.807, 2.05) is 13.8 Å². The van der Waals surface area contributed by atoms with E-state index in [1.165, 1.54) is 12.1 Å². The Labute approximate surface area is 169 Å². The van der Waals surface area contributed by atoms with Crippen LogP contribution in [0.4, 0.5) is 11.4 Å². The van der Waals surface area contributed by atoms with Gasteiger partial charge in [0.25, 0.3) is 0 Å². The van der Waals surface area contributed by atoms with E-state index in [0.29, 0.717) is 11.4 Å². The fourth-order valence-corrected chi connectivity index (χ4v) is 3.63. The summed E-state index contributed by atoms with van der Waals surface area (Å²) in [4.78, 5) is 12.4. The van der Waals surface area contributed by atoms with Crippen LogP contribution < -0.4 is 14.4 Å². The zero-order valence-corrected chi connectivity index (χ0v) is 17.4. The summed E-state index contributed by atoms with van der Waals surface area (Å²) in [5.41, 5.74) is 0.627. The topological polar surface area (TPSA) is 75.7 Å². The first-order valence-electron chi connectivity index (χ1n) is 8.06. The van der Waals surface area contributed by atoms with E-state index >= 15 is 0 Å². The minimum atomic E-state index is -3.76. The highest BCUT2D eigenvalue weighted by Crippen LogP contribution is 2.33. The van der Waals surface area contributed by atoms with E-state index < -0.39 is 22.5 Å². The fourth-order valence-electron chi connectivity index (χ4n) is 2.32. The lowest BCUT2D eigenvalue weighted by Gasteiger charge is -2.23. The van der Waals surface area contributed by atoms with Crippen molar-refractivity contribution in [2.24, 2.45) is 0 Å². The molecule has 0 aromatic heterocycles. The number of rotatable bonds is 7. The minimum Gasteiger partial charge on any atom is -0.491 e. The Morgan fingerprint density at radius 2 is 1.85 bits per heavy atom. The summed E-state index contributed by atoms with van der Waals surface area (Å²) < 4.78 is 30.9. The number of anilines is 2. The van der Waals surface area contributed by atoms with E-state index in [-0.39, 0.29) is 21.8 Å². The number of halogens is 2. The van der Waals surface area contributed by atoms with Crippen LogP contribution in [0.2, 0.25) is 10.0 Å². The summed E-state index contributed by atoms with van der Waals surface area (Å²) in [5, 5.41) is 2.92. The van der Waals surface area contributed by atoms with E-state index in [4.69, 9.17) is 27.9 Å². The average molecular weight is 431 g/mol. The molecule has 0 heterocycles. The Balaban J connectivity index is 2.21. The molecule has 6 nitrogen and oxygen atoms in total. The first-order chi connectivity index (χ1) is 12.6. The molecular weight excluding hydrogens is 411 g/mol. The van der Waals surface area contributed by atoms with Crippen molar-refractivity contribution in [1.29, 1.82) is 0 Å².